The van der Waals surface area contributed by atoms with Crippen LogP contribution in [0.1, 0.15) is 43.9 Å². The fourth-order valence-electron chi connectivity index (χ4n) is 2.85. The van der Waals surface area contributed by atoms with Gasteiger partial charge >= 0.3 is 0 Å². The van der Waals surface area contributed by atoms with Crippen LogP contribution in [0.3, 0.4) is 0 Å². The first-order chi connectivity index (χ1) is 9.36. The SMILES string of the molecule is CCCN(CCCc1cnc2c(c1)N=CC2)C1CC1. The molecular formula is C16H23N3. The summed E-state index contributed by atoms with van der Waals surface area (Å²) >= 11 is 0. The number of fused-ring (bicyclic) bond motifs is 1. The molecule has 3 nitrogen and oxygen atoms in total. The smallest absolute Gasteiger partial charge is 0.0847 e. The number of nitrogens with zero attached hydrogens (tertiary/aromatic N) is 3. The van der Waals surface area contributed by atoms with Crippen LogP contribution < -0.4 is 0 Å². The van der Waals surface area contributed by atoms with Crippen LogP contribution in [0.2, 0.25) is 0 Å². The van der Waals surface area contributed by atoms with E-state index in [9.17, 15) is 0 Å². The lowest BCUT2D eigenvalue weighted by Crippen LogP contribution is -2.28. The van der Waals surface area contributed by atoms with Gasteiger partial charge in [-0.1, -0.05) is 6.92 Å². The molecule has 0 amide bonds. The Morgan fingerprint density at radius 2 is 2.21 bits per heavy atom. The standard InChI is InChI=1S/C16H23N3/c1-2-9-19(14-5-6-14)10-3-4-13-11-16-15(18-12-13)7-8-17-16/h8,11-12,14H,2-7,9-10H2,1H3. The Labute approximate surface area is 115 Å². The topological polar surface area (TPSA) is 28.5 Å². The van der Waals surface area contributed by atoms with Gasteiger partial charge in [0.15, 0.2) is 0 Å². The number of hydrogen-bond donors (Lipinski definition) is 0. The molecule has 1 aromatic rings. The highest BCUT2D eigenvalue weighted by molar-refractivity contribution is 5.74. The minimum absolute atomic E-state index is 0.891. The highest BCUT2D eigenvalue weighted by Gasteiger charge is 2.27. The van der Waals surface area contributed by atoms with Crippen LogP contribution in [0.15, 0.2) is 17.3 Å². The van der Waals surface area contributed by atoms with Crippen molar-refractivity contribution in [2.45, 2.75) is 51.5 Å². The van der Waals surface area contributed by atoms with E-state index in [4.69, 9.17) is 0 Å². The van der Waals surface area contributed by atoms with Crippen molar-refractivity contribution >= 4 is 11.9 Å². The summed E-state index contributed by atoms with van der Waals surface area (Å²) in [7, 11) is 0. The van der Waals surface area contributed by atoms with Crippen LogP contribution in [-0.4, -0.2) is 35.2 Å². The fraction of sp³-hybridized carbons (Fsp3) is 0.625. The predicted molar refractivity (Wildman–Crippen MR) is 79.3 cm³/mol. The van der Waals surface area contributed by atoms with Crippen LogP contribution >= 0.6 is 0 Å². The summed E-state index contributed by atoms with van der Waals surface area (Å²) in [5, 5.41) is 0. The molecule has 1 aliphatic carbocycles. The lowest BCUT2D eigenvalue weighted by Gasteiger charge is -2.20. The maximum atomic E-state index is 4.50. The van der Waals surface area contributed by atoms with Gasteiger partial charge in [-0.15, -0.1) is 0 Å². The fourth-order valence-corrected chi connectivity index (χ4v) is 2.85. The maximum Gasteiger partial charge on any atom is 0.0847 e. The molecule has 1 saturated carbocycles. The quantitative estimate of drug-likeness (QED) is 0.750. The predicted octanol–water partition coefficient (Wildman–Crippen LogP) is 3.15. The molecule has 2 heterocycles. The molecule has 1 aromatic heterocycles. The molecule has 0 unspecified atom stereocenters. The third kappa shape index (κ3) is 3.21. The Balaban J connectivity index is 1.50. The van der Waals surface area contributed by atoms with E-state index in [0.717, 1.165) is 30.3 Å². The number of aryl methyl sites for hydroxylation is 1. The van der Waals surface area contributed by atoms with Crippen molar-refractivity contribution in [1.29, 1.82) is 0 Å². The van der Waals surface area contributed by atoms with E-state index >= 15 is 0 Å². The first-order valence-corrected chi connectivity index (χ1v) is 7.61. The molecule has 0 bridgehead atoms. The average Bonchev–Trinajstić information content (AvgIpc) is 3.16. The molecule has 0 saturated heterocycles. The number of pyridine rings is 1. The van der Waals surface area contributed by atoms with Crippen molar-refractivity contribution in [3.8, 4) is 0 Å². The molecule has 19 heavy (non-hydrogen) atoms. The van der Waals surface area contributed by atoms with Gasteiger partial charge in [0.25, 0.3) is 0 Å². The van der Waals surface area contributed by atoms with Crippen LogP contribution in [0.5, 0.6) is 0 Å². The highest BCUT2D eigenvalue weighted by Crippen LogP contribution is 2.27. The van der Waals surface area contributed by atoms with Gasteiger partial charge in [0.2, 0.25) is 0 Å². The van der Waals surface area contributed by atoms with E-state index in [1.807, 2.05) is 12.4 Å². The maximum absolute atomic E-state index is 4.50. The Hall–Kier alpha value is -1.22. The van der Waals surface area contributed by atoms with Gasteiger partial charge < -0.3 is 4.90 Å². The second-order valence-corrected chi connectivity index (χ2v) is 5.70. The molecule has 3 heteroatoms. The van der Waals surface area contributed by atoms with Crippen molar-refractivity contribution in [2.24, 2.45) is 4.99 Å². The number of aliphatic imine (C=N–C) groups is 1. The van der Waals surface area contributed by atoms with Crippen LogP contribution in [0.4, 0.5) is 5.69 Å². The minimum atomic E-state index is 0.891. The van der Waals surface area contributed by atoms with Crippen LogP contribution in [-0.2, 0) is 12.8 Å². The molecule has 2 aliphatic rings. The van der Waals surface area contributed by atoms with Crippen molar-refractivity contribution in [1.82, 2.24) is 9.88 Å². The van der Waals surface area contributed by atoms with Gasteiger partial charge in [-0.3, -0.25) is 9.98 Å². The zero-order chi connectivity index (χ0) is 13.1. The summed E-state index contributed by atoms with van der Waals surface area (Å²) < 4.78 is 0. The monoisotopic (exact) mass is 257 g/mol. The molecule has 1 fully saturated rings. The van der Waals surface area contributed by atoms with E-state index in [2.05, 4.69) is 27.9 Å². The van der Waals surface area contributed by atoms with Crippen molar-refractivity contribution in [3.63, 3.8) is 0 Å². The molecule has 102 valence electrons. The van der Waals surface area contributed by atoms with Gasteiger partial charge in [-0.2, -0.15) is 0 Å². The summed E-state index contributed by atoms with van der Waals surface area (Å²) in [6.45, 7) is 4.77. The van der Waals surface area contributed by atoms with Crippen LogP contribution in [0.25, 0.3) is 0 Å². The normalized spacial score (nSPS) is 17.2. The molecular weight excluding hydrogens is 234 g/mol. The van der Waals surface area contributed by atoms with Gasteiger partial charge in [0.1, 0.15) is 0 Å². The third-order valence-corrected chi connectivity index (χ3v) is 4.00. The molecule has 0 atom stereocenters. The molecule has 0 aromatic carbocycles. The van der Waals surface area contributed by atoms with Crippen molar-refractivity contribution in [2.75, 3.05) is 13.1 Å². The number of rotatable bonds is 7. The number of hydrogen-bond acceptors (Lipinski definition) is 3. The lowest BCUT2D eigenvalue weighted by molar-refractivity contribution is 0.261. The van der Waals surface area contributed by atoms with E-state index < -0.39 is 0 Å². The average molecular weight is 257 g/mol. The highest BCUT2D eigenvalue weighted by atomic mass is 15.2. The molecule has 0 N–H and O–H groups in total. The Morgan fingerprint density at radius 3 is 3.00 bits per heavy atom. The largest absolute Gasteiger partial charge is 0.300 e. The van der Waals surface area contributed by atoms with Crippen LogP contribution in [0, 0.1) is 0 Å². The molecule has 1 aliphatic heterocycles. The van der Waals surface area contributed by atoms with Crippen molar-refractivity contribution in [3.05, 3.63) is 23.5 Å². The first kappa shape index (κ1) is 12.8. The Morgan fingerprint density at radius 1 is 1.32 bits per heavy atom. The van der Waals surface area contributed by atoms with E-state index in [1.54, 1.807) is 0 Å². The summed E-state index contributed by atoms with van der Waals surface area (Å²) in [6.07, 6.45) is 11.4. The van der Waals surface area contributed by atoms with E-state index in [0.29, 0.717) is 0 Å². The minimum Gasteiger partial charge on any atom is -0.300 e. The Kier molecular flexibility index (Phi) is 3.92. The van der Waals surface area contributed by atoms with Gasteiger partial charge in [-0.25, -0.2) is 0 Å². The summed E-state index contributed by atoms with van der Waals surface area (Å²) in [5.41, 5.74) is 3.56. The summed E-state index contributed by atoms with van der Waals surface area (Å²) in [4.78, 5) is 11.5. The summed E-state index contributed by atoms with van der Waals surface area (Å²) in [6, 6.07) is 3.11. The van der Waals surface area contributed by atoms with Crippen molar-refractivity contribution < 1.29 is 0 Å². The van der Waals surface area contributed by atoms with E-state index in [1.165, 1.54) is 44.3 Å². The third-order valence-electron chi connectivity index (χ3n) is 4.00. The molecule has 3 rings (SSSR count). The van der Waals surface area contributed by atoms with Gasteiger partial charge in [0.05, 0.1) is 11.4 Å². The Bertz CT molecular complexity index is 463. The molecule has 0 spiro atoms. The van der Waals surface area contributed by atoms with E-state index in [-0.39, 0.29) is 0 Å². The lowest BCUT2D eigenvalue weighted by atomic mass is 10.1. The second kappa shape index (κ2) is 5.83. The first-order valence-electron chi connectivity index (χ1n) is 7.61. The zero-order valence-electron chi connectivity index (χ0n) is 11.8. The van der Waals surface area contributed by atoms with Gasteiger partial charge in [-0.05, 0) is 56.8 Å². The summed E-state index contributed by atoms with van der Waals surface area (Å²) in [5.74, 6) is 0. The molecule has 0 radical (unpaired) electrons. The van der Waals surface area contributed by atoms with Gasteiger partial charge in [0, 0.05) is 24.9 Å². The second-order valence-electron chi connectivity index (χ2n) is 5.70. The number of aromatic nitrogens is 1. The zero-order valence-corrected chi connectivity index (χ0v) is 11.8.